The summed E-state index contributed by atoms with van der Waals surface area (Å²) in [4.78, 5) is 8.33. The molecule has 0 bridgehead atoms. The first-order chi connectivity index (χ1) is 8.79. The standard InChI is InChI=1S/C13H10ClN3O/c1-18-12-3-2-9(6-10(12)14)11-7-16-13-8-15-4-5-17(11)13/h2-8H,1H3. The van der Waals surface area contributed by atoms with Gasteiger partial charge in [-0.15, -0.1) is 0 Å². The third-order valence-corrected chi connectivity index (χ3v) is 3.06. The largest absolute Gasteiger partial charge is 0.495 e. The zero-order valence-electron chi connectivity index (χ0n) is 9.67. The van der Waals surface area contributed by atoms with E-state index >= 15 is 0 Å². The molecular formula is C13H10ClN3O. The van der Waals surface area contributed by atoms with Gasteiger partial charge in [0.25, 0.3) is 0 Å². The van der Waals surface area contributed by atoms with Crippen molar-refractivity contribution in [2.24, 2.45) is 0 Å². The normalized spacial score (nSPS) is 10.8. The van der Waals surface area contributed by atoms with E-state index in [2.05, 4.69) is 9.97 Å². The maximum Gasteiger partial charge on any atom is 0.155 e. The van der Waals surface area contributed by atoms with Crippen molar-refractivity contribution in [3.8, 4) is 17.0 Å². The average molecular weight is 260 g/mol. The van der Waals surface area contributed by atoms with Crippen LogP contribution in [0.1, 0.15) is 0 Å². The van der Waals surface area contributed by atoms with Gasteiger partial charge in [0.2, 0.25) is 0 Å². The van der Waals surface area contributed by atoms with Crippen molar-refractivity contribution < 1.29 is 4.74 Å². The molecule has 3 aromatic rings. The molecule has 3 rings (SSSR count). The Morgan fingerprint density at radius 3 is 2.94 bits per heavy atom. The summed E-state index contributed by atoms with van der Waals surface area (Å²) in [6.07, 6.45) is 7.11. The Morgan fingerprint density at radius 1 is 1.28 bits per heavy atom. The van der Waals surface area contributed by atoms with Crippen molar-refractivity contribution in [3.05, 3.63) is 48.0 Å². The van der Waals surface area contributed by atoms with E-state index in [-0.39, 0.29) is 0 Å². The second-order valence-corrected chi connectivity index (χ2v) is 4.20. The molecule has 0 spiro atoms. The van der Waals surface area contributed by atoms with Crippen molar-refractivity contribution in [3.63, 3.8) is 0 Å². The number of hydrogen-bond donors (Lipinski definition) is 0. The van der Waals surface area contributed by atoms with Crippen LogP contribution in [0.25, 0.3) is 16.9 Å². The van der Waals surface area contributed by atoms with Crippen LogP contribution in [0.5, 0.6) is 5.75 Å². The zero-order valence-corrected chi connectivity index (χ0v) is 10.4. The second-order valence-electron chi connectivity index (χ2n) is 3.80. The van der Waals surface area contributed by atoms with Gasteiger partial charge in [-0.3, -0.25) is 9.38 Å². The van der Waals surface area contributed by atoms with Gasteiger partial charge in [-0.05, 0) is 18.2 Å². The van der Waals surface area contributed by atoms with Crippen molar-refractivity contribution in [1.82, 2.24) is 14.4 Å². The van der Waals surface area contributed by atoms with Crippen LogP contribution in [0.2, 0.25) is 5.02 Å². The minimum Gasteiger partial charge on any atom is -0.495 e. The van der Waals surface area contributed by atoms with Crippen LogP contribution in [-0.2, 0) is 0 Å². The van der Waals surface area contributed by atoms with Gasteiger partial charge < -0.3 is 4.74 Å². The number of imidazole rings is 1. The highest BCUT2D eigenvalue weighted by Gasteiger charge is 2.08. The van der Waals surface area contributed by atoms with Gasteiger partial charge >= 0.3 is 0 Å². The molecular weight excluding hydrogens is 250 g/mol. The van der Waals surface area contributed by atoms with Crippen LogP contribution >= 0.6 is 11.6 Å². The fraction of sp³-hybridized carbons (Fsp3) is 0.0769. The summed E-state index contributed by atoms with van der Waals surface area (Å²) in [5, 5.41) is 0.582. The highest BCUT2D eigenvalue weighted by Crippen LogP contribution is 2.30. The number of rotatable bonds is 2. The predicted molar refractivity (Wildman–Crippen MR) is 70.0 cm³/mol. The summed E-state index contributed by atoms with van der Waals surface area (Å²) in [5.41, 5.74) is 2.76. The third-order valence-electron chi connectivity index (χ3n) is 2.76. The van der Waals surface area contributed by atoms with E-state index in [0.29, 0.717) is 10.8 Å². The molecule has 0 saturated carbocycles. The molecule has 0 atom stereocenters. The fourth-order valence-corrected chi connectivity index (χ4v) is 2.14. The molecule has 0 aliphatic carbocycles. The lowest BCUT2D eigenvalue weighted by atomic mass is 10.1. The second kappa shape index (κ2) is 4.31. The Labute approximate surface area is 109 Å². The Morgan fingerprint density at radius 2 is 2.17 bits per heavy atom. The van der Waals surface area contributed by atoms with E-state index < -0.39 is 0 Å². The van der Waals surface area contributed by atoms with E-state index in [0.717, 1.165) is 16.9 Å². The number of aromatic nitrogens is 3. The number of hydrogen-bond acceptors (Lipinski definition) is 3. The van der Waals surface area contributed by atoms with Crippen LogP contribution < -0.4 is 4.74 Å². The highest BCUT2D eigenvalue weighted by molar-refractivity contribution is 6.32. The minimum atomic E-state index is 0.582. The molecule has 2 heterocycles. The van der Waals surface area contributed by atoms with Crippen molar-refractivity contribution >= 4 is 17.2 Å². The van der Waals surface area contributed by atoms with Crippen LogP contribution in [0.4, 0.5) is 0 Å². The smallest absolute Gasteiger partial charge is 0.155 e. The van der Waals surface area contributed by atoms with Gasteiger partial charge in [0.15, 0.2) is 5.65 Å². The Bertz CT molecular complexity index is 708. The molecule has 5 heteroatoms. The number of benzene rings is 1. The summed E-state index contributed by atoms with van der Waals surface area (Å²) in [6, 6.07) is 5.66. The summed E-state index contributed by atoms with van der Waals surface area (Å²) >= 11 is 6.13. The lowest BCUT2D eigenvalue weighted by Crippen LogP contribution is -1.89. The van der Waals surface area contributed by atoms with Gasteiger partial charge in [-0.1, -0.05) is 11.6 Å². The predicted octanol–water partition coefficient (Wildman–Crippen LogP) is 3.06. The fourth-order valence-electron chi connectivity index (χ4n) is 1.88. The first-order valence-electron chi connectivity index (χ1n) is 5.40. The van der Waals surface area contributed by atoms with Gasteiger partial charge in [0.05, 0.1) is 30.2 Å². The lowest BCUT2D eigenvalue weighted by Gasteiger charge is -2.06. The SMILES string of the molecule is COc1ccc(-c2cnc3cnccn23)cc1Cl. The maximum atomic E-state index is 6.13. The summed E-state index contributed by atoms with van der Waals surface area (Å²) in [7, 11) is 1.60. The quantitative estimate of drug-likeness (QED) is 0.710. The van der Waals surface area contributed by atoms with E-state index in [1.165, 1.54) is 0 Å². The topological polar surface area (TPSA) is 39.4 Å². The number of ether oxygens (including phenoxy) is 1. The Hall–Kier alpha value is -2.07. The molecule has 0 aliphatic heterocycles. The third kappa shape index (κ3) is 1.71. The van der Waals surface area contributed by atoms with Crippen LogP contribution in [0, 0.1) is 0 Å². The molecule has 2 aromatic heterocycles. The van der Waals surface area contributed by atoms with Gasteiger partial charge in [-0.25, -0.2) is 4.98 Å². The summed E-state index contributed by atoms with van der Waals surface area (Å²) in [6.45, 7) is 0. The zero-order chi connectivity index (χ0) is 12.5. The highest BCUT2D eigenvalue weighted by atomic mass is 35.5. The number of halogens is 1. The van der Waals surface area contributed by atoms with E-state index in [1.807, 2.05) is 28.8 Å². The molecule has 0 saturated heterocycles. The van der Waals surface area contributed by atoms with E-state index in [9.17, 15) is 0 Å². The molecule has 4 nitrogen and oxygen atoms in total. The van der Waals surface area contributed by atoms with Gasteiger partial charge in [0.1, 0.15) is 5.75 Å². The summed E-state index contributed by atoms with van der Waals surface area (Å²) < 4.78 is 7.10. The molecule has 18 heavy (non-hydrogen) atoms. The molecule has 0 unspecified atom stereocenters. The molecule has 0 N–H and O–H groups in total. The average Bonchev–Trinajstić information content (AvgIpc) is 2.82. The van der Waals surface area contributed by atoms with Crippen molar-refractivity contribution in [1.29, 1.82) is 0 Å². The molecule has 0 radical (unpaired) electrons. The first kappa shape index (κ1) is 11.0. The Kier molecular flexibility index (Phi) is 2.64. The lowest BCUT2D eigenvalue weighted by molar-refractivity contribution is 0.415. The maximum absolute atomic E-state index is 6.13. The molecule has 0 aliphatic rings. The van der Waals surface area contributed by atoms with Crippen molar-refractivity contribution in [2.45, 2.75) is 0 Å². The van der Waals surface area contributed by atoms with E-state index in [4.69, 9.17) is 16.3 Å². The minimum absolute atomic E-state index is 0.582. The number of nitrogens with zero attached hydrogens (tertiary/aromatic N) is 3. The van der Waals surface area contributed by atoms with Gasteiger partial charge in [-0.2, -0.15) is 0 Å². The van der Waals surface area contributed by atoms with Gasteiger partial charge in [0, 0.05) is 18.0 Å². The van der Waals surface area contributed by atoms with Crippen LogP contribution in [0.3, 0.4) is 0 Å². The monoisotopic (exact) mass is 259 g/mol. The number of methoxy groups -OCH3 is 1. The molecule has 90 valence electrons. The van der Waals surface area contributed by atoms with Crippen LogP contribution in [0.15, 0.2) is 43.0 Å². The van der Waals surface area contributed by atoms with Crippen LogP contribution in [-0.4, -0.2) is 21.5 Å². The molecule has 1 aromatic carbocycles. The molecule has 0 amide bonds. The first-order valence-corrected chi connectivity index (χ1v) is 5.78. The number of fused-ring (bicyclic) bond motifs is 1. The summed E-state index contributed by atoms with van der Waals surface area (Å²) in [5.74, 6) is 0.663. The van der Waals surface area contributed by atoms with E-state index in [1.54, 1.807) is 25.7 Å². The Balaban J connectivity index is 2.17. The van der Waals surface area contributed by atoms with Crippen molar-refractivity contribution in [2.75, 3.05) is 7.11 Å². The molecule has 0 fully saturated rings.